The molecule has 0 aliphatic heterocycles. The highest BCUT2D eigenvalue weighted by Crippen LogP contribution is 2.30. The molecule has 0 fully saturated rings. The third kappa shape index (κ3) is 2.51. The van der Waals surface area contributed by atoms with Crippen LogP contribution in [0.4, 0.5) is 0 Å². The fourth-order valence-corrected chi connectivity index (χ4v) is 1.88. The Labute approximate surface area is 119 Å². The first-order valence-electron chi connectivity index (χ1n) is 6.12. The number of carboxylic acids is 1. The lowest BCUT2D eigenvalue weighted by atomic mass is 10.2. The Hall–Kier alpha value is -3.02. The highest BCUT2D eigenvalue weighted by Gasteiger charge is 2.16. The maximum Gasteiger partial charge on any atom is 0.400 e. The second kappa shape index (κ2) is 5.16. The van der Waals surface area contributed by atoms with E-state index in [4.69, 9.17) is 13.9 Å². The van der Waals surface area contributed by atoms with Gasteiger partial charge < -0.3 is 19.0 Å². The normalized spacial score (nSPS) is 10.5. The van der Waals surface area contributed by atoms with E-state index < -0.39 is 5.97 Å². The standard InChI is InChI=1S/C15H11NO5/c1-19-9-6-7-12(10(8-9)14(17)18)20-15-16-11-4-2-3-5-13(11)21-15/h2-8H,1H3,(H,17,18). The first kappa shape index (κ1) is 13.0. The number of aromatic carboxylic acids is 1. The van der Waals surface area contributed by atoms with Crippen molar-refractivity contribution in [1.29, 1.82) is 0 Å². The Morgan fingerprint density at radius 3 is 2.76 bits per heavy atom. The second-order valence-electron chi connectivity index (χ2n) is 4.22. The van der Waals surface area contributed by atoms with Gasteiger partial charge in [0.2, 0.25) is 0 Å². The number of para-hydroxylation sites is 2. The van der Waals surface area contributed by atoms with Gasteiger partial charge in [0, 0.05) is 0 Å². The molecule has 6 heteroatoms. The van der Waals surface area contributed by atoms with Crippen LogP contribution in [0.2, 0.25) is 0 Å². The van der Waals surface area contributed by atoms with Crippen molar-refractivity contribution in [1.82, 2.24) is 4.98 Å². The summed E-state index contributed by atoms with van der Waals surface area (Å²) < 4.78 is 15.8. The fraction of sp³-hybridized carbons (Fsp3) is 0.0667. The number of aromatic nitrogens is 1. The van der Waals surface area contributed by atoms with Gasteiger partial charge in [0.15, 0.2) is 5.58 Å². The molecule has 0 bridgehead atoms. The van der Waals surface area contributed by atoms with Crippen molar-refractivity contribution < 1.29 is 23.8 Å². The Kier molecular flexibility index (Phi) is 3.19. The second-order valence-corrected chi connectivity index (χ2v) is 4.22. The minimum atomic E-state index is -1.12. The van der Waals surface area contributed by atoms with E-state index in [1.54, 1.807) is 18.2 Å². The summed E-state index contributed by atoms with van der Waals surface area (Å²) in [6.45, 7) is 0. The Balaban J connectivity index is 1.98. The number of rotatable bonds is 4. The van der Waals surface area contributed by atoms with E-state index in [0.29, 0.717) is 16.8 Å². The first-order chi connectivity index (χ1) is 10.2. The molecule has 0 aliphatic rings. The number of fused-ring (bicyclic) bond motifs is 1. The minimum Gasteiger partial charge on any atom is -0.497 e. The lowest BCUT2D eigenvalue weighted by Crippen LogP contribution is -2.00. The van der Waals surface area contributed by atoms with E-state index in [2.05, 4.69) is 4.98 Å². The molecule has 3 aromatic rings. The topological polar surface area (TPSA) is 81.8 Å². The minimum absolute atomic E-state index is 0.0103. The molecular formula is C15H11NO5. The molecule has 21 heavy (non-hydrogen) atoms. The van der Waals surface area contributed by atoms with Gasteiger partial charge in [-0.2, -0.15) is 4.98 Å². The van der Waals surface area contributed by atoms with E-state index in [0.717, 1.165) is 0 Å². The van der Waals surface area contributed by atoms with Crippen LogP contribution in [0.5, 0.6) is 17.6 Å². The molecule has 1 heterocycles. The average molecular weight is 285 g/mol. The van der Waals surface area contributed by atoms with Crippen LogP contribution in [-0.4, -0.2) is 23.2 Å². The highest BCUT2D eigenvalue weighted by molar-refractivity contribution is 5.91. The molecule has 0 aliphatic carbocycles. The SMILES string of the molecule is COc1ccc(Oc2nc3ccccc3o2)c(C(=O)O)c1. The summed E-state index contributed by atoms with van der Waals surface area (Å²) in [7, 11) is 1.46. The zero-order valence-corrected chi connectivity index (χ0v) is 11.1. The molecule has 0 atom stereocenters. The molecule has 0 unspecified atom stereocenters. The van der Waals surface area contributed by atoms with Crippen LogP contribution in [0.25, 0.3) is 11.1 Å². The van der Waals surface area contributed by atoms with Crippen molar-refractivity contribution in [2.75, 3.05) is 7.11 Å². The van der Waals surface area contributed by atoms with Gasteiger partial charge in [-0.1, -0.05) is 12.1 Å². The Bertz CT molecular complexity index is 776. The smallest absolute Gasteiger partial charge is 0.400 e. The van der Waals surface area contributed by atoms with Crippen LogP contribution in [0.1, 0.15) is 10.4 Å². The van der Waals surface area contributed by atoms with Crippen molar-refractivity contribution in [2.45, 2.75) is 0 Å². The van der Waals surface area contributed by atoms with Crippen LogP contribution in [0.15, 0.2) is 46.9 Å². The van der Waals surface area contributed by atoms with Crippen molar-refractivity contribution in [3.63, 3.8) is 0 Å². The van der Waals surface area contributed by atoms with E-state index in [-0.39, 0.29) is 17.4 Å². The number of ether oxygens (including phenoxy) is 2. The zero-order valence-electron chi connectivity index (χ0n) is 11.1. The van der Waals surface area contributed by atoms with Crippen LogP contribution >= 0.6 is 0 Å². The number of hydrogen-bond acceptors (Lipinski definition) is 5. The number of oxazole rings is 1. The number of hydrogen-bond donors (Lipinski definition) is 1. The third-order valence-electron chi connectivity index (χ3n) is 2.89. The number of benzene rings is 2. The summed E-state index contributed by atoms with van der Waals surface area (Å²) in [4.78, 5) is 15.4. The summed E-state index contributed by atoms with van der Waals surface area (Å²) in [5.41, 5.74) is 1.17. The molecule has 0 amide bonds. The molecule has 3 rings (SSSR count). The Morgan fingerprint density at radius 2 is 2.05 bits per heavy atom. The molecule has 0 saturated carbocycles. The van der Waals surface area contributed by atoms with Gasteiger partial charge in [-0.15, -0.1) is 0 Å². The summed E-state index contributed by atoms with van der Waals surface area (Å²) in [5, 5.41) is 9.22. The van der Waals surface area contributed by atoms with Crippen LogP contribution < -0.4 is 9.47 Å². The molecule has 106 valence electrons. The maximum absolute atomic E-state index is 11.3. The van der Waals surface area contributed by atoms with Crippen LogP contribution in [-0.2, 0) is 0 Å². The number of methoxy groups -OCH3 is 1. The maximum atomic E-state index is 11.3. The van der Waals surface area contributed by atoms with Gasteiger partial charge in [-0.25, -0.2) is 4.79 Å². The summed E-state index contributed by atoms with van der Waals surface area (Å²) >= 11 is 0. The predicted molar refractivity (Wildman–Crippen MR) is 74.0 cm³/mol. The van der Waals surface area contributed by atoms with E-state index in [1.807, 2.05) is 12.1 Å². The van der Waals surface area contributed by atoms with E-state index in [1.165, 1.54) is 19.2 Å². The molecule has 0 saturated heterocycles. The molecule has 0 radical (unpaired) electrons. The van der Waals surface area contributed by atoms with Gasteiger partial charge in [-0.05, 0) is 30.3 Å². The molecule has 1 N–H and O–H groups in total. The highest BCUT2D eigenvalue weighted by atomic mass is 16.6. The quantitative estimate of drug-likeness (QED) is 0.791. The summed E-state index contributed by atoms with van der Waals surface area (Å²) in [6, 6.07) is 11.6. The largest absolute Gasteiger partial charge is 0.497 e. The lowest BCUT2D eigenvalue weighted by Gasteiger charge is -2.07. The lowest BCUT2D eigenvalue weighted by molar-refractivity contribution is 0.0693. The monoisotopic (exact) mass is 285 g/mol. The van der Waals surface area contributed by atoms with E-state index >= 15 is 0 Å². The fourth-order valence-electron chi connectivity index (χ4n) is 1.88. The van der Waals surface area contributed by atoms with Gasteiger partial charge in [0.05, 0.1) is 7.11 Å². The number of nitrogens with zero attached hydrogens (tertiary/aromatic N) is 1. The molecule has 1 aromatic heterocycles. The average Bonchev–Trinajstić information content (AvgIpc) is 2.89. The van der Waals surface area contributed by atoms with E-state index in [9.17, 15) is 9.90 Å². The summed E-state index contributed by atoms with van der Waals surface area (Å²) in [5.74, 6) is -0.563. The van der Waals surface area contributed by atoms with Crippen LogP contribution in [0, 0.1) is 0 Å². The molecule has 6 nitrogen and oxygen atoms in total. The van der Waals surface area contributed by atoms with Gasteiger partial charge >= 0.3 is 12.0 Å². The molecule has 0 spiro atoms. The number of carbonyl (C=O) groups is 1. The Morgan fingerprint density at radius 1 is 1.24 bits per heavy atom. The van der Waals surface area contributed by atoms with Gasteiger partial charge in [0.1, 0.15) is 22.6 Å². The molecular weight excluding hydrogens is 274 g/mol. The van der Waals surface area contributed by atoms with Crippen molar-refractivity contribution in [3.05, 3.63) is 48.0 Å². The molecule has 2 aromatic carbocycles. The van der Waals surface area contributed by atoms with Crippen molar-refractivity contribution >= 4 is 17.1 Å². The zero-order chi connectivity index (χ0) is 14.8. The van der Waals surface area contributed by atoms with Gasteiger partial charge in [0.25, 0.3) is 0 Å². The van der Waals surface area contributed by atoms with Crippen LogP contribution in [0.3, 0.4) is 0 Å². The van der Waals surface area contributed by atoms with Gasteiger partial charge in [-0.3, -0.25) is 0 Å². The number of carboxylic acid groups (broad SMARTS) is 1. The predicted octanol–water partition coefficient (Wildman–Crippen LogP) is 3.33. The first-order valence-corrected chi connectivity index (χ1v) is 6.12. The van der Waals surface area contributed by atoms with Crippen molar-refractivity contribution in [3.8, 4) is 17.6 Å². The summed E-state index contributed by atoms with van der Waals surface area (Å²) in [6.07, 6.45) is -0.0103. The van der Waals surface area contributed by atoms with Crippen molar-refractivity contribution in [2.24, 2.45) is 0 Å². The third-order valence-corrected chi connectivity index (χ3v) is 2.89.